The molecule has 54 heavy (non-hydrogen) atoms. The van der Waals surface area contributed by atoms with E-state index in [0.717, 1.165) is 11.1 Å². The van der Waals surface area contributed by atoms with Crippen molar-refractivity contribution in [2.75, 3.05) is 4.90 Å². The molecular formula is C51H41N3. The number of benzene rings is 6. The van der Waals surface area contributed by atoms with Crippen LogP contribution in [0.3, 0.4) is 0 Å². The first-order valence-corrected chi connectivity index (χ1v) is 19.0. The Bertz CT molecular complexity index is 2730. The van der Waals surface area contributed by atoms with Crippen LogP contribution in [0.1, 0.15) is 31.9 Å². The minimum absolute atomic E-state index is 0.0667. The van der Waals surface area contributed by atoms with Gasteiger partial charge in [-0.1, -0.05) is 130 Å². The van der Waals surface area contributed by atoms with Gasteiger partial charge in [0, 0.05) is 45.6 Å². The summed E-state index contributed by atoms with van der Waals surface area (Å²) in [6, 6.07) is 57.7. The molecule has 2 aliphatic rings. The number of aromatic nitrogens is 2. The predicted octanol–water partition coefficient (Wildman–Crippen LogP) is 13.0. The first-order valence-electron chi connectivity index (χ1n) is 19.0. The third-order valence-corrected chi connectivity index (χ3v) is 11.8. The number of rotatable bonds is 6. The van der Waals surface area contributed by atoms with Crippen LogP contribution in [0, 0.1) is 5.92 Å². The van der Waals surface area contributed by atoms with Gasteiger partial charge in [-0.2, -0.15) is 0 Å². The number of para-hydroxylation sites is 2. The number of nitrogens with zero attached hydrogens (tertiary/aromatic N) is 3. The average molecular weight is 696 g/mol. The Morgan fingerprint density at radius 3 is 1.96 bits per heavy atom. The molecule has 8 aromatic rings. The minimum atomic E-state index is -0.0667. The molecule has 3 heteroatoms. The van der Waals surface area contributed by atoms with Crippen LogP contribution < -0.4 is 4.90 Å². The van der Waals surface area contributed by atoms with Gasteiger partial charge in [-0.15, -0.1) is 0 Å². The molecule has 2 aromatic heterocycles. The lowest BCUT2D eigenvalue weighted by atomic mass is 9.77. The van der Waals surface area contributed by atoms with Gasteiger partial charge in [0.15, 0.2) is 0 Å². The highest BCUT2D eigenvalue weighted by Crippen LogP contribution is 2.53. The van der Waals surface area contributed by atoms with Crippen LogP contribution in [0.2, 0.25) is 0 Å². The van der Waals surface area contributed by atoms with E-state index in [1.165, 1.54) is 72.3 Å². The monoisotopic (exact) mass is 695 g/mol. The maximum absolute atomic E-state index is 4.36. The SMILES string of the molecule is CC1C=C2C(=CC1N(c1ccc(-c3cccnc3)cc1)c1ccc(-c3ccc4c(c3)c3ccccc3n4-c3ccccc3)cc1)C(C)(C)c1ccccc12. The molecule has 0 amide bonds. The number of anilines is 2. The van der Waals surface area contributed by atoms with Crippen LogP contribution >= 0.6 is 0 Å². The fraction of sp³-hybridized carbons (Fsp3) is 0.118. The lowest BCUT2D eigenvalue weighted by Crippen LogP contribution is -2.37. The van der Waals surface area contributed by atoms with Crippen molar-refractivity contribution in [1.29, 1.82) is 0 Å². The summed E-state index contributed by atoms with van der Waals surface area (Å²) < 4.78 is 2.37. The summed E-state index contributed by atoms with van der Waals surface area (Å²) in [7, 11) is 0. The second-order valence-electron chi connectivity index (χ2n) is 15.3. The summed E-state index contributed by atoms with van der Waals surface area (Å²) in [5, 5.41) is 2.52. The number of fused-ring (bicyclic) bond motifs is 6. The Labute approximate surface area is 317 Å². The van der Waals surface area contributed by atoms with Crippen LogP contribution in [0.25, 0.3) is 55.3 Å². The van der Waals surface area contributed by atoms with E-state index in [1.54, 1.807) is 0 Å². The van der Waals surface area contributed by atoms with Gasteiger partial charge in [-0.05, 0) is 111 Å². The van der Waals surface area contributed by atoms with Crippen LogP contribution in [-0.2, 0) is 5.41 Å². The van der Waals surface area contributed by atoms with Gasteiger partial charge in [0.2, 0.25) is 0 Å². The minimum Gasteiger partial charge on any atom is -0.334 e. The number of pyridine rings is 1. The third-order valence-electron chi connectivity index (χ3n) is 11.8. The Morgan fingerprint density at radius 2 is 1.22 bits per heavy atom. The fourth-order valence-corrected chi connectivity index (χ4v) is 9.02. The molecule has 3 nitrogen and oxygen atoms in total. The van der Waals surface area contributed by atoms with E-state index in [2.05, 4.69) is 199 Å². The molecule has 2 heterocycles. The summed E-state index contributed by atoms with van der Waals surface area (Å²) in [5.74, 6) is 0.285. The van der Waals surface area contributed by atoms with Crippen molar-refractivity contribution < 1.29 is 0 Å². The van der Waals surface area contributed by atoms with Gasteiger partial charge >= 0.3 is 0 Å². The average Bonchev–Trinajstić information content (AvgIpc) is 3.67. The highest BCUT2D eigenvalue weighted by atomic mass is 15.2. The Morgan fingerprint density at radius 1 is 0.574 bits per heavy atom. The molecule has 0 spiro atoms. The van der Waals surface area contributed by atoms with Crippen molar-refractivity contribution in [1.82, 2.24) is 9.55 Å². The largest absolute Gasteiger partial charge is 0.334 e. The van der Waals surface area contributed by atoms with E-state index in [0.29, 0.717) is 0 Å². The van der Waals surface area contributed by atoms with Crippen LogP contribution in [0.15, 0.2) is 188 Å². The van der Waals surface area contributed by atoms with Gasteiger partial charge in [0.1, 0.15) is 0 Å². The zero-order valence-corrected chi connectivity index (χ0v) is 30.8. The zero-order chi connectivity index (χ0) is 36.4. The molecule has 0 saturated heterocycles. The highest BCUT2D eigenvalue weighted by molar-refractivity contribution is 6.10. The van der Waals surface area contributed by atoms with Crippen molar-refractivity contribution in [3.8, 4) is 27.9 Å². The van der Waals surface area contributed by atoms with Gasteiger partial charge in [0.05, 0.1) is 17.1 Å². The number of hydrogen-bond donors (Lipinski definition) is 0. The predicted molar refractivity (Wildman–Crippen MR) is 227 cm³/mol. The topological polar surface area (TPSA) is 21.1 Å². The third kappa shape index (κ3) is 5.15. The molecule has 2 atom stereocenters. The van der Waals surface area contributed by atoms with Crippen molar-refractivity contribution in [3.05, 3.63) is 199 Å². The second-order valence-corrected chi connectivity index (χ2v) is 15.3. The van der Waals surface area contributed by atoms with Gasteiger partial charge in [-0.25, -0.2) is 0 Å². The van der Waals surface area contributed by atoms with E-state index in [1.807, 2.05) is 18.5 Å². The van der Waals surface area contributed by atoms with Crippen LogP contribution in [0.4, 0.5) is 11.4 Å². The van der Waals surface area contributed by atoms with Gasteiger partial charge in [-0.3, -0.25) is 4.98 Å². The van der Waals surface area contributed by atoms with Crippen LogP contribution in [-0.4, -0.2) is 15.6 Å². The lowest BCUT2D eigenvalue weighted by Gasteiger charge is -2.39. The molecule has 10 rings (SSSR count). The number of hydrogen-bond acceptors (Lipinski definition) is 2. The van der Waals surface area contributed by atoms with Crippen molar-refractivity contribution in [2.24, 2.45) is 5.92 Å². The quantitative estimate of drug-likeness (QED) is 0.173. The number of allylic oxidation sites excluding steroid dienone is 2. The van der Waals surface area contributed by atoms with Crippen molar-refractivity contribution in [3.63, 3.8) is 0 Å². The van der Waals surface area contributed by atoms with Crippen LogP contribution in [0.5, 0.6) is 0 Å². The Hall–Kier alpha value is -6.45. The van der Waals surface area contributed by atoms with E-state index >= 15 is 0 Å². The zero-order valence-electron chi connectivity index (χ0n) is 30.8. The van der Waals surface area contributed by atoms with E-state index in [-0.39, 0.29) is 17.4 Å². The Balaban J connectivity index is 1.06. The summed E-state index contributed by atoms with van der Waals surface area (Å²) in [4.78, 5) is 6.90. The summed E-state index contributed by atoms with van der Waals surface area (Å²) >= 11 is 0. The fourth-order valence-electron chi connectivity index (χ4n) is 9.02. The molecule has 0 saturated carbocycles. The molecule has 0 bridgehead atoms. The standard InChI is InChI=1S/C51H41N3/c1-34-30-44-42-15-7-9-17-46(42)51(2,3)47(44)32-50(34)53(41-26-21-36(22-27-41)38-12-11-29-52-33-38)40-24-19-35(20-25-40)37-23-28-49-45(31-37)43-16-8-10-18-48(43)54(49)39-13-5-4-6-14-39/h4-34,50H,1-3H3. The summed E-state index contributed by atoms with van der Waals surface area (Å²) in [6.07, 6.45) is 8.83. The maximum atomic E-state index is 4.36. The molecular weight excluding hydrogens is 655 g/mol. The highest BCUT2D eigenvalue weighted by Gasteiger charge is 2.42. The molecule has 0 N–H and O–H groups in total. The van der Waals surface area contributed by atoms with Crippen molar-refractivity contribution in [2.45, 2.75) is 32.2 Å². The smallest absolute Gasteiger partial charge is 0.0588 e. The summed E-state index contributed by atoms with van der Waals surface area (Å²) in [5.41, 5.74) is 16.2. The second kappa shape index (κ2) is 12.6. The van der Waals surface area contributed by atoms with Gasteiger partial charge < -0.3 is 9.47 Å². The first-order chi connectivity index (χ1) is 26.5. The molecule has 0 aliphatic heterocycles. The van der Waals surface area contributed by atoms with E-state index < -0.39 is 0 Å². The molecule has 2 aliphatic carbocycles. The van der Waals surface area contributed by atoms with E-state index in [9.17, 15) is 0 Å². The Kier molecular flexibility index (Phi) is 7.52. The maximum Gasteiger partial charge on any atom is 0.0588 e. The lowest BCUT2D eigenvalue weighted by molar-refractivity contribution is 0.585. The van der Waals surface area contributed by atoms with Crippen molar-refractivity contribution >= 4 is 38.8 Å². The molecule has 0 fully saturated rings. The molecule has 6 aromatic carbocycles. The summed E-state index contributed by atoms with van der Waals surface area (Å²) in [6.45, 7) is 7.12. The van der Waals surface area contributed by atoms with Gasteiger partial charge in [0.25, 0.3) is 0 Å². The van der Waals surface area contributed by atoms with E-state index in [4.69, 9.17) is 0 Å². The normalized spacial score (nSPS) is 17.2. The molecule has 2 unspecified atom stereocenters. The first kappa shape index (κ1) is 32.2. The molecule has 260 valence electrons. The molecule has 0 radical (unpaired) electrons.